The van der Waals surface area contributed by atoms with E-state index in [4.69, 9.17) is 4.74 Å². The van der Waals surface area contributed by atoms with Crippen LogP contribution in [-0.2, 0) is 22.7 Å². The number of ether oxygens (including phenoxy) is 1. The van der Waals surface area contributed by atoms with Gasteiger partial charge < -0.3 is 15.2 Å². The largest absolute Gasteiger partial charge is 0.480 e. The molecule has 1 aromatic rings. The molecule has 1 aliphatic rings. The van der Waals surface area contributed by atoms with Crippen LogP contribution in [0.4, 0.5) is 0 Å². The predicted molar refractivity (Wildman–Crippen MR) is 73.3 cm³/mol. The normalized spacial score (nSPS) is 16.3. The van der Waals surface area contributed by atoms with Gasteiger partial charge in [-0.2, -0.15) is 0 Å². The van der Waals surface area contributed by atoms with E-state index in [1.165, 1.54) is 0 Å². The Morgan fingerprint density at radius 2 is 2.05 bits per heavy atom. The Balaban J connectivity index is 2.12. The first-order chi connectivity index (χ1) is 9.52. The minimum atomic E-state index is -1.00. The molecule has 108 valence electrons. The van der Waals surface area contributed by atoms with Crippen molar-refractivity contribution in [3.05, 3.63) is 34.9 Å². The molecule has 2 rings (SSSR count). The van der Waals surface area contributed by atoms with E-state index in [1.807, 2.05) is 19.9 Å². The summed E-state index contributed by atoms with van der Waals surface area (Å²) in [4.78, 5) is 23.4. The fourth-order valence-electron chi connectivity index (χ4n) is 2.22. The van der Waals surface area contributed by atoms with Crippen molar-refractivity contribution in [1.29, 1.82) is 0 Å². The average molecular weight is 277 g/mol. The number of nitrogens with one attached hydrogen (secondary N) is 1. The SMILES string of the molecule is CC[C@H](C)[C@H](NC(=O)c1ccc2c(c1)COC2)C(=O)O. The molecule has 2 N–H and O–H groups in total. The monoisotopic (exact) mass is 277 g/mol. The topological polar surface area (TPSA) is 75.6 Å². The molecule has 0 spiro atoms. The number of carboxylic acid groups (broad SMARTS) is 1. The standard InChI is InChI=1S/C15H19NO4/c1-3-9(2)13(15(18)19)16-14(17)10-4-5-11-7-20-8-12(11)6-10/h4-6,9,13H,3,7-8H2,1-2H3,(H,16,17)(H,18,19)/t9-,13-/m0/s1. The van der Waals surface area contributed by atoms with E-state index in [9.17, 15) is 14.7 Å². The molecule has 0 radical (unpaired) electrons. The fourth-order valence-corrected chi connectivity index (χ4v) is 2.22. The quantitative estimate of drug-likeness (QED) is 0.862. The Labute approximate surface area is 117 Å². The number of carbonyl (C=O) groups excluding carboxylic acids is 1. The second-order valence-corrected chi connectivity index (χ2v) is 5.15. The molecular weight excluding hydrogens is 258 g/mol. The Kier molecular flexibility index (Phi) is 4.39. The Bertz CT molecular complexity index is 527. The first kappa shape index (κ1) is 14.5. The van der Waals surface area contributed by atoms with Gasteiger partial charge in [-0.1, -0.05) is 26.3 Å². The van der Waals surface area contributed by atoms with Crippen LogP contribution in [0.5, 0.6) is 0 Å². The number of aliphatic carboxylic acids is 1. The van der Waals surface area contributed by atoms with Gasteiger partial charge in [0.05, 0.1) is 13.2 Å². The molecule has 0 fully saturated rings. The van der Waals surface area contributed by atoms with Gasteiger partial charge >= 0.3 is 5.97 Å². The highest BCUT2D eigenvalue weighted by molar-refractivity contribution is 5.96. The van der Waals surface area contributed by atoms with Crippen LogP contribution in [0.15, 0.2) is 18.2 Å². The lowest BCUT2D eigenvalue weighted by Gasteiger charge is -2.20. The first-order valence-corrected chi connectivity index (χ1v) is 6.76. The zero-order valence-corrected chi connectivity index (χ0v) is 11.7. The van der Waals surface area contributed by atoms with Crippen LogP contribution < -0.4 is 5.32 Å². The van der Waals surface area contributed by atoms with E-state index in [2.05, 4.69) is 5.32 Å². The summed E-state index contributed by atoms with van der Waals surface area (Å²) in [6.07, 6.45) is 0.690. The summed E-state index contributed by atoms with van der Waals surface area (Å²) in [6.45, 7) is 4.79. The average Bonchev–Trinajstić information content (AvgIpc) is 2.90. The van der Waals surface area contributed by atoms with E-state index in [-0.39, 0.29) is 11.8 Å². The van der Waals surface area contributed by atoms with Crippen molar-refractivity contribution in [2.45, 2.75) is 39.5 Å². The van der Waals surface area contributed by atoms with Crippen LogP contribution in [0.1, 0.15) is 41.8 Å². The lowest BCUT2D eigenvalue weighted by atomic mass is 9.98. The van der Waals surface area contributed by atoms with Crippen LogP contribution in [-0.4, -0.2) is 23.0 Å². The minimum absolute atomic E-state index is 0.116. The summed E-state index contributed by atoms with van der Waals surface area (Å²) >= 11 is 0. The molecule has 0 aromatic heterocycles. The lowest BCUT2D eigenvalue weighted by Crippen LogP contribution is -2.45. The molecule has 2 atom stereocenters. The van der Waals surface area contributed by atoms with Gasteiger partial charge in [-0.3, -0.25) is 4.79 Å². The van der Waals surface area contributed by atoms with Gasteiger partial charge in [0.25, 0.3) is 5.91 Å². The highest BCUT2D eigenvalue weighted by Gasteiger charge is 2.26. The van der Waals surface area contributed by atoms with Crippen LogP contribution in [0, 0.1) is 5.92 Å². The molecule has 1 aromatic carbocycles. The first-order valence-electron chi connectivity index (χ1n) is 6.76. The zero-order chi connectivity index (χ0) is 14.7. The molecule has 0 unspecified atom stereocenters. The minimum Gasteiger partial charge on any atom is -0.480 e. The molecule has 0 saturated carbocycles. The molecule has 1 aliphatic heterocycles. The number of carboxylic acids is 1. The van der Waals surface area contributed by atoms with E-state index < -0.39 is 12.0 Å². The van der Waals surface area contributed by atoms with Crippen LogP contribution in [0.2, 0.25) is 0 Å². The number of benzene rings is 1. The second kappa shape index (κ2) is 6.05. The Morgan fingerprint density at radius 1 is 1.35 bits per heavy atom. The van der Waals surface area contributed by atoms with Crippen molar-refractivity contribution in [1.82, 2.24) is 5.32 Å². The summed E-state index contributed by atoms with van der Waals surface area (Å²) in [6, 6.07) is 4.47. The third-order valence-corrected chi connectivity index (χ3v) is 3.75. The highest BCUT2D eigenvalue weighted by atomic mass is 16.5. The van der Waals surface area contributed by atoms with E-state index in [0.29, 0.717) is 25.2 Å². The van der Waals surface area contributed by atoms with Crippen molar-refractivity contribution in [2.75, 3.05) is 0 Å². The van der Waals surface area contributed by atoms with Crippen molar-refractivity contribution in [3.8, 4) is 0 Å². The van der Waals surface area contributed by atoms with Gasteiger partial charge in [0.2, 0.25) is 0 Å². The van der Waals surface area contributed by atoms with Gasteiger partial charge in [0, 0.05) is 5.56 Å². The van der Waals surface area contributed by atoms with Crippen LogP contribution >= 0.6 is 0 Å². The maximum Gasteiger partial charge on any atom is 0.326 e. The lowest BCUT2D eigenvalue weighted by molar-refractivity contribution is -0.140. The smallest absolute Gasteiger partial charge is 0.326 e. The van der Waals surface area contributed by atoms with Gasteiger partial charge in [-0.15, -0.1) is 0 Å². The third kappa shape index (κ3) is 2.99. The summed E-state index contributed by atoms with van der Waals surface area (Å²) in [5.41, 5.74) is 2.55. The molecule has 20 heavy (non-hydrogen) atoms. The summed E-state index contributed by atoms with van der Waals surface area (Å²) < 4.78 is 5.30. The molecule has 5 nitrogen and oxygen atoms in total. The molecule has 0 aliphatic carbocycles. The second-order valence-electron chi connectivity index (χ2n) is 5.15. The molecule has 5 heteroatoms. The maximum absolute atomic E-state index is 12.2. The van der Waals surface area contributed by atoms with Gasteiger partial charge in [0.1, 0.15) is 6.04 Å². The van der Waals surface area contributed by atoms with Crippen molar-refractivity contribution >= 4 is 11.9 Å². The number of hydrogen-bond donors (Lipinski definition) is 2. The Morgan fingerprint density at radius 3 is 2.70 bits per heavy atom. The van der Waals surface area contributed by atoms with Crippen molar-refractivity contribution in [2.24, 2.45) is 5.92 Å². The van der Waals surface area contributed by atoms with Crippen LogP contribution in [0.3, 0.4) is 0 Å². The van der Waals surface area contributed by atoms with Crippen LogP contribution in [0.25, 0.3) is 0 Å². The molecule has 1 amide bonds. The van der Waals surface area contributed by atoms with E-state index >= 15 is 0 Å². The zero-order valence-electron chi connectivity index (χ0n) is 11.7. The number of hydrogen-bond acceptors (Lipinski definition) is 3. The van der Waals surface area contributed by atoms with Gasteiger partial charge in [0.15, 0.2) is 0 Å². The highest BCUT2D eigenvalue weighted by Crippen LogP contribution is 2.21. The van der Waals surface area contributed by atoms with E-state index in [1.54, 1.807) is 12.1 Å². The van der Waals surface area contributed by atoms with Gasteiger partial charge in [-0.25, -0.2) is 4.79 Å². The van der Waals surface area contributed by atoms with Gasteiger partial charge in [-0.05, 0) is 29.2 Å². The molecule has 1 heterocycles. The summed E-state index contributed by atoms with van der Waals surface area (Å²) in [5, 5.41) is 11.8. The van der Waals surface area contributed by atoms with Crippen molar-refractivity contribution in [3.63, 3.8) is 0 Å². The summed E-state index contributed by atoms with van der Waals surface area (Å²) in [5.74, 6) is -1.47. The number of fused-ring (bicyclic) bond motifs is 1. The van der Waals surface area contributed by atoms with E-state index in [0.717, 1.165) is 11.1 Å². The molecule has 0 saturated heterocycles. The predicted octanol–water partition coefficient (Wildman–Crippen LogP) is 1.95. The summed E-state index contributed by atoms with van der Waals surface area (Å²) in [7, 11) is 0. The molecular formula is C15H19NO4. The van der Waals surface area contributed by atoms with Crippen molar-refractivity contribution < 1.29 is 19.4 Å². The number of rotatable bonds is 5. The number of amides is 1. The number of carbonyl (C=O) groups is 2. The fraction of sp³-hybridized carbons (Fsp3) is 0.467. The Hall–Kier alpha value is -1.88. The maximum atomic E-state index is 12.2. The third-order valence-electron chi connectivity index (χ3n) is 3.75. The molecule has 0 bridgehead atoms.